The lowest BCUT2D eigenvalue weighted by atomic mass is 10.0. The quantitative estimate of drug-likeness (QED) is 0.126. The molecule has 2 bridgehead atoms. The van der Waals surface area contributed by atoms with Crippen LogP contribution in [-0.2, 0) is 54.6 Å². The van der Waals surface area contributed by atoms with Crippen molar-refractivity contribution in [2.24, 2.45) is 0 Å². The van der Waals surface area contributed by atoms with E-state index in [9.17, 15) is 33.9 Å². The third kappa shape index (κ3) is 13.1. The summed E-state index contributed by atoms with van der Waals surface area (Å²) in [6.07, 6.45) is 2.52. The van der Waals surface area contributed by atoms with Crippen molar-refractivity contribution in [1.29, 1.82) is 0 Å². The Hall–Kier alpha value is -6.41. The average molecular weight is 818 g/mol. The fourth-order valence-electron chi connectivity index (χ4n) is 6.74. The highest BCUT2D eigenvalue weighted by molar-refractivity contribution is 8.03. The molecule has 0 aromatic heterocycles. The van der Waals surface area contributed by atoms with Gasteiger partial charge in [0.15, 0.2) is 0 Å². The summed E-state index contributed by atoms with van der Waals surface area (Å²) in [5.74, 6) is -3.65. The van der Waals surface area contributed by atoms with Crippen molar-refractivity contribution in [3.05, 3.63) is 143 Å². The SMILES string of the molecule is O=C1CCC(=O)N[C@H](CC2CC=CS2)C(=O)N[C@@H](Cc2ccc(OCc3ccccc3)cc2)C(=O)N[C@H](Cc2ccccc2)C(=O)N[C@H](C(=O)O)Cc2ccc(cc2)N1. The van der Waals surface area contributed by atoms with Gasteiger partial charge in [-0.2, -0.15) is 0 Å². The zero-order chi connectivity index (χ0) is 41.6. The number of hydrogen-bond acceptors (Lipinski definition) is 8. The smallest absolute Gasteiger partial charge is 0.326 e. The number of thioether (sulfide) groups is 1. The first kappa shape index (κ1) is 42.2. The third-order valence-corrected chi connectivity index (χ3v) is 11.1. The minimum atomic E-state index is -1.36. The number of benzene rings is 4. The summed E-state index contributed by atoms with van der Waals surface area (Å²) >= 11 is 1.54. The molecule has 59 heavy (non-hydrogen) atoms. The zero-order valence-corrected chi connectivity index (χ0v) is 33.1. The van der Waals surface area contributed by atoms with Gasteiger partial charge in [-0.1, -0.05) is 91.0 Å². The fourth-order valence-corrected chi connectivity index (χ4v) is 7.71. The average Bonchev–Trinajstić information content (AvgIpc) is 3.76. The van der Waals surface area contributed by atoms with Crippen molar-refractivity contribution < 1.29 is 38.6 Å². The van der Waals surface area contributed by atoms with Crippen LogP contribution >= 0.6 is 11.8 Å². The van der Waals surface area contributed by atoms with Crippen LogP contribution in [0.25, 0.3) is 0 Å². The minimum Gasteiger partial charge on any atom is -0.489 e. The zero-order valence-electron chi connectivity index (χ0n) is 32.3. The highest BCUT2D eigenvalue weighted by atomic mass is 32.2. The lowest BCUT2D eigenvalue weighted by molar-refractivity contribution is -0.142. The van der Waals surface area contributed by atoms with Gasteiger partial charge in [-0.25, -0.2) is 4.79 Å². The number of anilines is 1. The second-order valence-electron chi connectivity index (χ2n) is 14.5. The molecule has 6 N–H and O–H groups in total. The van der Waals surface area contributed by atoms with E-state index in [1.807, 2.05) is 47.9 Å². The highest BCUT2D eigenvalue weighted by Crippen LogP contribution is 2.28. The van der Waals surface area contributed by atoms with Gasteiger partial charge in [0.1, 0.15) is 36.5 Å². The molecular weight excluding hydrogens is 771 g/mol. The van der Waals surface area contributed by atoms with Crippen molar-refractivity contribution in [3.63, 3.8) is 0 Å². The van der Waals surface area contributed by atoms with E-state index in [-0.39, 0.29) is 43.8 Å². The molecule has 7 rings (SSSR count). The van der Waals surface area contributed by atoms with Crippen molar-refractivity contribution in [2.45, 2.75) is 81.0 Å². The van der Waals surface area contributed by atoms with E-state index in [1.54, 1.807) is 72.8 Å². The molecule has 1 unspecified atom stereocenters. The lowest BCUT2D eigenvalue weighted by Crippen LogP contribution is -2.59. The van der Waals surface area contributed by atoms with Crippen molar-refractivity contribution in [2.75, 3.05) is 5.32 Å². The molecule has 4 aromatic carbocycles. The van der Waals surface area contributed by atoms with Gasteiger partial charge < -0.3 is 36.4 Å². The summed E-state index contributed by atoms with van der Waals surface area (Å²) in [5.41, 5.74) is 3.39. The Labute approximate surface area is 346 Å². The van der Waals surface area contributed by atoms with Crippen LogP contribution < -0.4 is 31.3 Å². The minimum absolute atomic E-state index is 0.00433. The number of allylic oxidation sites excluding steroid dienone is 1. The van der Waals surface area contributed by atoms with Gasteiger partial charge in [-0.3, -0.25) is 24.0 Å². The lowest BCUT2D eigenvalue weighted by Gasteiger charge is -2.27. The van der Waals surface area contributed by atoms with E-state index in [2.05, 4.69) is 26.6 Å². The number of fused-ring (bicyclic) bond motifs is 18. The second kappa shape index (κ2) is 20.8. The Morgan fingerprint density at radius 3 is 1.83 bits per heavy atom. The van der Waals surface area contributed by atoms with Gasteiger partial charge in [-0.15, -0.1) is 11.8 Å². The molecule has 3 aliphatic rings. The van der Waals surface area contributed by atoms with Crippen LogP contribution in [0, 0.1) is 0 Å². The van der Waals surface area contributed by atoms with Crippen LogP contribution in [-0.4, -0.2) is 70.0 Å². The summed E-state index contributed by atoms with van der Waals surface area (Å²) in [6.45, 7) is 0.355. The maximum Gasteiger partial charge on any atom is 0.326 e. The third-order valence-electron chi connectivity index (χ3n) is 9.95. The van der Waals surface area contributed by atoms with Gasteiger partial charge in [0, 0.05) is 43.0 Å². The summed E-state index contributed by atoms with van der Waals surface area (Å²) < 4.78 is 5.95. The van der Waals surface area contributed by atoms with E-state index < -0.39 is 59.7 Å². The van der Waals surface area contributed by atoms with Gasteiger partial charge in [0.2, 0.25) is 29.5 Å². The largest absolute Gasteiger partial charge is 0.489 e. The number of amides is 5. The van der Waals surface area contributed by atoms with Gasteiger partial charge in [0.05, 0.1) is 0 Å². The summed E-state index contributed by atoms with van der Waals surface area (Å²) in [4.78, 5) is 81.1. The first-order valence-electron chi connectivity index (χ1n) is 19.5. The van der Waals surface area contributed by atoms with E-state index in [1.165, 1.54) is 11.8 Å². The molecule has 306 valence electrons. The molecule has 3 aliphatic heterocycles. The topological polar surface area (TPSA) is 192 Å². The molecule has 0 spiro atoms. The molecule has 4 aromatic rings. The van der Waals surface area contributed by atoms with Crippen LogP contribution in [0.1, 0.15) is 47.9 Å². The fraction of sp³-hybridized carbons (Fsp3) is 0.289. The number of aliphatic carboxylic acids is 1. The van der Waals surface area contributed by atoms with Crippen LogP contribution in [0.2, 0.25) is 0 Å². The van der Waals surface area contributed by atoms with E-state index >= 15 is 0 Å². The molecule has 14 heteroatoms. The van der Waals surface area contributed by atoms with E-state index in [4.69, 9.17) is 4.74 Å². The number of carbonyl (C=O) groups excluding carboxylic acids is 5. The molecule has 0 radical (unpaired) electrons. The number of nitrogens with one attached hydrogen (secondary N) is 5. The predicted octanol–water partition coefficient (Wildman–Crippen LogP) is 4.46. The maximum atomic E-state index is 14.4. The van der Waals surface area contributed by atoms with Gasteiger partial charge in [-0.05, 0) is 64.8 Å². The highest BCUT2D eigenvalue weighted by Gasteiger charge is 2.33. The van der Waals surface area contributed by atoms with Crippen LogP contribution in [0.3, 0.4) is 0 Å². The van der Waals surface area contributed by atoms with Crippen LogP contribution in [0.15, 0.2) is 121 Å². The molecule has 5 amide bonds. The number of carbonyl (C=O) groups is 6. The molecule has 0 saturated heterocycles. The van der Waals surface area contributed by atoms with Crippen molar-refractivity contribution in [1.82, 2.24) is 21.3 Å². The molecule has 3 heterocycles. The van der Waals surface area contributed by atoms with Crippen LogP contribution in [0.4, 0.5) is 5.69 Å². The number of hydrogen-bond donors (Lipinski definition) is 6. The monoisotopic (exact) mass is 817 g/mol. The van der Waals surface area contributed by atoms with Gasteiger partial charge >= 0.3 is 5.97 Å². The molecule has 0 fully saturated rings. The van der Waals surface area contributed by atoms with E-state index in [0.717, 1.165) is 5.56 Å². The number of rotatable bonds is 10. The molecule has 13 nitrogen and oxygen atoms in total. The van der Waals surface area contributed by atoms with Crippen molar-refractivity contribution >= 4 is 53.0 Å². The second-order valence-corrected chi connectivity index (χ2v) is 15.7. The molecule has 5 atom stereocenters. The Morgan fingerprint density at radius 2 is 1.22 bits per heavy atom. The first-order chi connectivity index (χ1) is 28.6. The molecule has 0 saturated carbocycles. The van der Waals surface area contributed by atoms with Gasteiger partial charge in [0.25, 0.3) is 0 Å². The Morgan fingerprint density at radius 1 is 0.644 bits per heavy atom. The molecule has 0 aliphatic carbocycles. The first-order valence-corrected chi connectivity index (χ1v) is 20.4. The number of carboxylic acids is 1. The standard InChI is InChI=1S/C45H47N5O8S/c51-40-21-22-41(52)47-38(27-35-12-7-23-59-35)44(55)49-37(25-31-15-19-34(20-16-31)58-28-32-10-5-2-6-11-32)42(53)48-36(24-29-8-3-1-4-9-29)43(54)50-39(45(56)57)26-30-13-17-33(46-40)18-14-30/h1-11,13-20,23,35-39H,12,21-22,24-28H2,(H,46,51)(H,47,52)(H,48,53)(H,49,55)(H,50,54)(H,56,57)/t35?,36-,37+,38-,39+/m1/s1. The summed E-state index contributed by atoms with van der Waals surface area (Å²) in [5, 5.41) is 25.9. The predicted molar refractivity (Wildman–Crippen MR) is 224 cm³/mol. The maximum absolute atomic E-state index is 14.4. The Bertz CT molecular complexity index is 2110. The Kier molecular flexibility index (Phi) is 14.9. The van der Waals surface area contributed by atoms with Crippen LogP contribution in [0.5, 0.6) is 5.75 Å². The Balaban J connectivity index is 1.30. The number of carboxylic acid groups (broad SMARTS) is 1. The molecular formula is C45H47N5O8S. The normalized spacial score (nSPS) is 21.9. The number of ether oxygens (including phenoxy) is 1. The summed E-state index contributed by atoms with van der Waals surface area (Å²) in [7, 11) is 0. The van der Waals surface area contributed by atoms with E-state index in [0.29, 0.717) is 41.2 Å². The summed E-state index contributed by atoms with van der Waals surface area (Å²) in [6, 6.07) is 27.4. The van der Waals surface area contributed by atoms with Crippen molar-refractivity contribution in [3.8, 4) is 5.75 Å².